The maximum absolute atomic E-state index is 12.1. The molecular weight excluding hydrogens is 358 g/mol. The zero-order valence-corrected chi connectivity index (χ0v) is 16.2. The van der Waals surface area contributed by atoms with Crippen LogP contribution in [0.25, 0.3) is 11.3 Å². The largest absolute Gasteiger partial charge is 0.490 e. The van der Waals surface area contributed by atoms with Crippen LogP contribution in [0.15, 0.2) is 42.5 Å². The first-order valence-corrected chi connectivity index (χ1v) is 9.15. The van der Waals surface area contributed by atoms with Crippen LogP contribution >= 0.6 is 0 Å². The average molecular weight is 381 g/mol. The van der Waals surface area contributed by atoms with Gasteiger partial charge in [-0.05, 0) is 44.5 Å². The zero-order valence-electron chi connectivity index (χ0n) is 16.2. The summed E-state index contributed by atoms with van der Waals surface area (Å²) >= 11 is 0. The molecule has 0 atom stereocenters. The Morgan fingerprint density at radius 1 is 1.00 bits per heavy atom. The van der Waals surface area contributed by atoms with Crippen LogP contribution in [0.4, 0.5) is 0 Å². The molecule has 2 aromatic carbocycles. The van der Waals surface area contributed by atoms with Gasteiger partial charge in [0.15, 0.2) is 17.2 Å². The minimum atomic E-state index is -0.524. The number of carbonyl (C=O) groups excluding carboxylic acids is 1. The number of aromatic amines is 1. The fraction of sp³-hybridized carbons (Fsp3) is 0.286. The third kappa shape index (κ3) is 4.49. The number of nitrogens with zero attached hydrogens (tertiary/aromatic N) is 2. The van der Waals surface area contributed by atoms with Gasteiger partial charge in [-0.3, -0.25) is 0 Å². The highest BCUT2D eigenvalue weighted by molar-refractivity contribution is 5.94. The van der Waals surface area contributed by atoms with Crippen molar-refractivity contribution in [3.63, 3.8) is 0 Å². The molecule has 0 saturated carbocycles. The smallest absolute Gasteiger partial charge is 0.361 e. The summed E-state index contributed by atoms with van der Waals surface area (Å²) in [7, 11) is 0. The molecule has 1 aromatic heterocycles. The number of aryl methyl sites for hydroxylation is 1. The van der Waals surface area contributed by atoms with E-state index in [1.165, 1.54) is 5.56 Å². The van der Waals surface area contributed by atoms with Crippen LogP contribution in [0.2, 0.25) is 0 Å². The number of hydrogen-bond acceptors (Lipinski definition) is 6. The van der Waals surface area contributed by atoms with Crippen LogP contribution in [-0.2, 0) is 11.3 Å². The number of carbonyl (C=O) groups is 1. The molecule has 0 aliphatic rings. The van der Waals surface area contributed by atoms with Crippen LogP contribution < -0.4 is 9.47 Å². The zero-order chi connectivity index (χ0) is 19.9. The lowest BCUT2D eigenvalue weighted by Gasteiger charge is -2.13. The second-order valence-electron chi connectivity index (χ2n) is 6.11. The van der Waals surface area contributed by atoms with Gasteiger partial charge in [-0.15, -0.1) is 5.10 Å². The third-order valence-corrected chi connectivity index (χ3v) is 4.01. The lowest BCUT2D eigenvalue weighted by molar-refractivity contribution is 0.0520. The van der Waals surface area contributed by atoms with Gasteiger partial charge >= 0.3 is 5.97 Å². The fourth-order valence-electron chi connectivity index (χ4n) is 2.78. The Bertz CT molecular complexity index is 952. The summed E-state index contributed by atoms with van der Waals surface area (Å²) in [5, 5.41) is 10.5. The second-order valence-corrected chi connectivity index (χ2v) is 6.11. The lowest BCUT2D eigenvalue weighted by atomic mass is 10.1. The van der Waals surface area contributed by atoms with Gasteiger partial charge in [0.05, 0.1) is 13.2 Å². The number of H-pyrrole nitrogens is 1. The van der Waals surface area contributed by atoms with Crippen molar-refractivity contribution in [2.24, 2.45) is 0 Å². The van der Waals surface area contributed by atoms with Crippen LogP contribution in [0.1, 0.15) is 35.5 Å². The predicted octanol–water partition coefficient (Wildman–Crippen LogP) is 3.93. The van der Waals surface area contributed by atoms with E-state index in [0.29, 0.717) is 36.0 Å². The molecule has 146 valence electrons. The van der Waals surface area contributed by atoms with Gasteiger partial charge in [0.2, 0.25) is 0 Å². The van der Waals surface area contributed by atoms with E-state index in [-0.39, 0.29) is 12.3 Å². The Morgan fingerprint density at radius 2 is 1.86 bits per heavy atom. The maximum atomic E-state index is 12.1. The minimum Gasteiger partial charge on any atom is -0.490 e. The van der Waals surface area contributed by atoms with Gasteiger partial charge in [-0.25, -0.2) is 4.79 Å². The Morgan fingerprint density at radius 3 is 2.61 bits per heavy atom. The first-order chi connectivity index (χ1) is 13.6. The molecule has 0 amide bonds. The molecule has 0 radical (unpaired) electrons. The van der Waals surface area contributed by atoms with Gasteiger partial charge in [-0.2, -0.15) is 10.3 Å². The molecule has 3 rings (SSSR count). The average Bonchev–Trinajstić information content (AvgIpc) is 3.17. The van der Waals surface area contributed by atoms with E-state index in [1.807, 2.05) is 38.1 Å². The van der Waals surface area contributed by atoms with Crippen molar-refractivity contribution in [3.05, 3.63) is 59.3 Å². The molecule has 0 aliphatic carbocycles. The van der Waals surface area contributed by atoms with Gasteiger partial charge < -0.3 is 14.2 Å². The van der Waals surface area contributed by atoms with E-state index in [0.717, 1.165) is 5.56 Å². The Kier molecular flexibility index (Phi) is 6.26. The molecule has 0 bridgehead atoms. The van der Waals surface area contributed by atoms with E-state index in [4.69, 9.17) is 14.2 Å². The highest BCUT2D eigenvalue weighted by atomic mass is 16.5. The van der Waals surface area contributed by atoms with Crippen molar-refractivity contribution in [2.75, 3.05) is 13.2 Å². The summed E-state index contributed by atoms with van der Waals surface area (Å²) in [6, 6.07) is 13.5. The van der Waals surface area contributed by atoms with Gasteiger partial charge in [0, 0.05) is 5.56 Å². The van der Waals surface area contributed by atoms with Crippen molar-refractivity contribution < 1.29 is 19.0 Å². The molecule has 7 heteroatoms. The van der Waals surface area contributed by atoms with Crippen molar-refractivity contribution in [2.45, 2.75) is 27.4 Å². The van der Waals surface area contributed by atoms with Crippen LogP contribution in [0, 0.1) is 6.92 Å². The van der Waals surface area contributed by atoms with E-state index in [1.54, 1.807) is 19.1 Å². The van der Waals surface area contributed by atoms with E-state index < -0.39 is 5.97 Å². The molecule has 1 N–H and O–H groups in total. The van der Waals surface area contributed by atoms with E-state index >= 15 is 0 Å². The van der Waals surface area contributed by atoms with Crippen LogP contribution in [0.5, 0.6) is 11.5 Å². The van der Waals surface area contributed by atoms with Gasteiger partial charge in [-0.1, -0.05) is 29.8 Å². The first-order valence-electron chi connectivity index (χ1n) is 9.15. The Labute approximate surface area is 163 Å². The van der Waals surface area contributed by atoms with Crippen LogP contribution in [0.3, 0.4) is 0 Å². The van der Waals surface area contributed by atoms with Gasteiger partial charge in [0.25, 0.3) is 0 Å². The molecule has 0 unspecified atom stereocenters. The van der Waals surface area contributed by atoms with E-state index in [2.05, 4.69) is 21.5 Å². The second kappa shape index (κ2) is 9.03. The number of ether oxygens (including phenoxy) is 3. The molecule has 0 fully saturated rings. The number of benzene rings is 2. The SMILES string of the molecule is CCOC(=O)c1n[nH]nc1-c1ccc(OCc2cccc(C)c2)c(OCC)c1. The lowest BCUT2D eigenvalue weighted by Crippen LogP contribution is -2.07. The quantitative estimate of drug-likeness (QED) is 0.595. The Hall–Kier alpha value is -3.35. The fourth-order valence-corrected chi connectivity index (χ4v) is 2.78. The topological polar surface area (TPSA) is 86.3 Å². The third-order valence-electron chi connectivity index (χ3n) is 4.01. The molecule has 0 aliphatic heterocycles. The maximum Gasteiger partial charge on any atom is 0.361 e. The van der Waals surface area contributed by atoms with E-state index in [9.17, 15) is 4.79 Å². The summed E-state index contributed by atoms with van der Waals surface area (Å²) in [6.45, 7) is 6.86. The molecule has 7 nitrogen and oxygen atoms in total. The summed E-state index contributed by atoms with van der Waals surface area (Å²) in [4.78, 5) is 12.1. The van der Waals surface area contributed by atoms with Crippen molar-refractivity contribution in [1.82, 2.24) is 15.4 Å². The number of aromatic nitrogens is 3. The summed E-state index contributed by atoms with van der Waals surface area (Å²) in [5.74, 6) is 0.669. The minimum absolute atomic E-state index is 0.137. The van der Waals surface area contributed by atoms with Crippen molar-refractivity contribution >= 4 is 5.97 Å². The number of rotatable bonds is 8. The predicted molar refractivity (Wildman–Crippen MR) is 104 cm³/mol. The first kappa shape index (κ1) is 19.4. The highest BCUT2D eigenvalue weighted by Gasteiger charge is 2.20. The van der Waals surface area contributed by atoms with Crippen LogP contribution in [-0.4, -0.2) is 34.6 Å². The monoisotopic (exact) mass is 381 g/mol. The standard InChI is InChI=1S/C21H23N3O4/c1-4-26-18-12-16(19-20(23-24-22-19)21(25)27-5-2)9-10-17(18)28-13-15-8-6-7-14(3)11-15/h6-12H,4-5,13H2,1-3H3,(H,22,23,24). The molecular formula is C21H23N3O4. The molecule has 28 heavy (non-hydrogen) atoms. The molecule has 0 saturated heterocycles. The summed E-state index contributed by atoms with van der Waals surface area (Å²) in [5.41, 5.74) is 3.48. The molecule has 1 heterocycles. The molecule has 0 spiro atoms. The summed E-state index contributed by atoms with van der Waals surface area (Å²) in [6.07, 6.45) is 0. The number of esters is 1. The van der Waals surface area contributed by atoms with Crippen molar-refractivity contribution in [1.29, 1.82) is 0 Å². The highest BCUT2D eigenvalue weighted by Crippen LogP contribution is 2.33. The molecule has 3 aromatic rings. The Balaban J connectivity index is 1.85. The summed E-state index contributed by atoms with van der Waals surface area (Å²) < 4.78 is 16.7. The number of nitrogens with one attached hydrogen (secondary N) is 1. The number of hydrogen-bond donors (Lipinski definition) is 1. The normalized spacial score (nSPS) is 10.5. The van der Waals surface area contributed by atoms with Gasteiger partial charge in [0.1, 0.15) is 12.3 Å². The van der Waals surface area contributed by atoms with Crippen molar-refractivity contribution in [3.8, 4) is 22.8 Å².